The molecule has 2 atom stereocenters. The average Bonchev–Trinajstić information content (AvgIpc) is 3.49. The Labute approximate surface area is 227 Å². The summed E-state index contributed by atoms with van der Waals surface area (Å²) in [5, 5.41) is 11.3. The summed E-state index contributed by atoms with van der Waals surface area (Å²) in [6, 6.07) is 10.7. The number of nitrogens with one attached hydrogen (secondary N) is 3. The highest BCUT2D eigenvalue weighted by molar-refractivity contribution is 6.48. The number of benzene rings is 1. The van der Waals surface area contributed by atoms with Gasteiger partial charge in [0, 0.05) is 56.7 Å². The van der Waals surface area contributed by atoms with Crippen LogP contribution in [0.4, 0.5) is 11.8 Å². The van der Waals surface area contributed by atoms with Gasteiger partial charge in [-0.25, -0.2) is 9.97 Å². The Bertz CT molecular complexity index is 1340. The summed E-state index contributed by atoms with van der Waals surface area (Å²) in [6.07, 6.45) is 6.50. The van der Waals surface area contributed by atoms with E-state index in [1.165, 1.54) is 5.56 Å². The number of alkyl halides is 2. The minimum atomic E-state index is -0.729. The number of aromatic nitrogens is 5. The number of nitrogens with zero attached hydrogens (tertiary/aromatic N) is 5. The zero-order valence-electron chi connectivity index (χ0n) is 21.5. The third-order valence-electron chi connectivity index (χ3n) is 6.87. The molecule has 0 spiro atoms. The fourth-order valence-corrected chi connectivity index (χ4v) is 5.56. The molecule has 2 unspecified atom stereocenters. The Morgan fingerprint density at radius 3 is 2.70 bits per heavy atom. The van der Waals surface area contributed by atoms with Crippen LogP contribution in [-0.4, -0.2) is 60.1 Å². The molecule has 3 N–H and O–H groups in total. The minimum Gasteiger partial charge on any atom is -0.324 e. The number of hydrogen-bond acceptors (Lipinski definition) is 6. The summed E-state index contributed by atoms with van der Waals surface area (Å²) in [5.41, 5.74) is 5.21. The fourth-order valence-electron chi connectivity index (χ4n) is 5.03. The largest absolute Gasteiger partial charge is 0.324 e. The second-order valence-electron chi connectivity index (χ2n) is 10.2. The van der Waals surface area contributed by atoms with Gasteiger partial charge in [-0.05, 0) is 61.6 Å². The molecule has 0 saturated carbocycles. The number of H-pyrrole nitrogens is 1. The SMILES string of the molecule is CC(Cn1cc(-c2ccc3nc(Nc4cc(C(C)N5CCNCC5)ccn4)[nH]c3c2)cn1)CC(C)(Cl)Cl. The predicted octanol–water partition coefficient (Wildman–Crippen LogP) is 5.75. The van der Waals surface area contributed by atoms with E-state index >= 15 is 0 Å². The third-order valence-corrected chi connectivity index (χ3v) is 7.17. The van der Waals surface area contributed by atoms with Gasteiger partial charge in [-0.3, -0.25) is 9.58 Å². The molecule has 4 aromatic rings. The Kier molecular flexibility index (Phi) is 7.72. The van der Waals surface area contributed by atoms with Gasteiger partial charge in [-0.1, -0.05) is 13.0 Å². The molecule has 10 heteroatoms. The lowest BCUT2D eigenvalue weighted by atomic mass is 10.1. The van der Waals surface area contributed by atoms with Gasteiger partial charge >= 0.3 is 0 Å². The van der Waals surface area contributed by atoms with Gasteiger partial charge in [0.25, 0.3) is 0 Å². The molecular formula is C27H34Cl2N8. The molecule has 0 amide bonds. The van der Waals surface area contributed by atoms with E-state index in [1.54, 1.807) is 0 Å². The van der Waals surface area contributed by atoms with Crippen molar-refractivity contribution < 1.29 is 0 Å². The Morgan fingerprint density at radius 1 is 1.11 bits per heavy atom. The monoisotopic (exact) mass is 540 g/mol. The first-order valence-corrected chi connectivity index (χ1v) is 13.6. The van der Waals surface area contributed by atoms with E-state index in [0.29, 0.717) is 24.3 Å². The first-order valence-electron chi connectivity index (χ1n) is 12.8. The van der Waals surface area contributed by atoms with E-state index in [-0.39, 0.29) is 0 Å². The molecule has 3 aromatic heterocycles. The van der Waals surface area contributed by atoms with Gasteiger partial charge in [-0.15, -0.1) is 23.2 Å². The van der Waals surface area contributed by atoms with Gasteiger partial charge in [-0.2, -0.15) is 5.10 Å². The molecule has 196 valence electrons. The van der Waals surface area contributed by atoms with Crippen molar-refractivity contribution >= 4 is 46.0 Å². The van der Waals surface area contributed by atoms with Crippen LogP contribution in [0.2, 0.25) is 0 Å². The number of aromatic amines is 1. The number of rotatable bonds is 9. The Hall–Kier alpha value is -2.65. The second kappa shape index (κ2) is 11.0. The number of imidazole rings is 1. The normalized spacial score (nSPS) is 16.7. The number of pyridine rings is 1. The summed E-state index contributed by atoms with van der Waals surface area (Å²) in [7, 11) is 0. The van der Waals surface area contributed by atoms with Crippen LogP contribution in [0.3, 0.4) is 0 Å². The molecule has 1 fully saturated rings. The van der Waals surface area contributed by atoms with Crippen molar-refractivity contribution in [2.45, 2.75) is 44.1 Å². The Balaban J connectivity index is 1.28. The molecule has 0 aliphatic carbocycles. The maximum Gasteiger partial charge on any atom is 0.206 e. The molecule has 1 aliphatic heterocycles. The molecular weight excluding hydrogens is 507 g/mol. The predicted molar refractivity (Wildman–Crippen MR) is 152 cm³/mol. The molecule has 1 aliphatic rings. The lowest BCUT2D eigenvalue weighted by Gasteiger charge is -2.33. The fraction of sp³-hybridized carbons (Fsp3) is 0.444. The van der Waals surface area contributed by atoms with Crippen LogP contribution in [0.5, 0.6) is 0 Å². The summed E-state index contributed by atoms with van der Waals surface area (Å²) < 4.78 is 1.22. The van der Waals surface area contributed by atoms with E-state index in [9.17, 15) is 0 Å². The van der Waals surface area contributed by atoms with Gasteiger partial charge < -0.3 is 15.6 Å². The van der Waals surface area contributed by atoms with Crippen molar-refractivity contribution in [1.29, 1.82) is 0 Å². The average molecular weight is 542 g/mol. The molecule has 1 saturated heterocycles. The van der Waals surface area contributed by atoms with E-state index in [1.807, 2.05) is 30.1 Å². The van der Waals surface area contributed by atoms with Crippen molar-refractivity contribution in [1.82, 2.24) is 34.9 Å². The lowest BCUT2D eigenvalue weighted by Crippen LogP contribution is -2.44. The number of halogens is 2. The smallest absolute Gasteiger partial charge is 0.206 e. The molecule has 0 bridgehead atoms. The van der Waals surface area contributed by atoms with Gasteiger partial charge in [0.1, 0.15) is 10.2 Å². The summed E-state index contributed by atoms with van der Waals surface area (Å²) in [4.78, 5) is 15.1. The molecule has 4 heterocycles. The maximum atomic E-state index is 6.17. The highest BCUT2D eigenvalue weighted by Crippen LogP contribution is 2.30. The number of fused-ring (bicyclic) bond motifs is 1. The van der Waals surface area contributed by atoms with E-state index in [4.69, 9.17) is 28.2 Å². The van der Waals surface area contributed by atoms with Crippen LogP contribution in [0.15, 0.2) is 48.9 Å². The highest BCUT2D eigenvalue weighted by atomic mass is 35.5. The standard InChI is InChI=1S/C27H34Cl2N8/c1-18(14-27(3,28)29)16-37-17-22(15-32-37)21-4-5-23-24(12-21)34-26(33-23)35-25-13-20(6-7-31-25)19(2)36-10-8-30-9-11-36/h4-7,12-13,15,17-19,30H,8-11,14,16H2,1-3H3,(H2,31,33,34,35). The summed E-state index contributed by atoms with van der Waals surface area (Å²) in [5.74, 6) is 1.75. The van der Waals surface area contributed by atoms with Crippen LogP contribution in [0.25, 0.3) is 22.2 Å². The third kappa shape index (κ3) is 6.62. The van der Waals surface area contributed by atoms with Gasteiger partial charge in [0.05, 0.1) is 17.2 Å². The number of hydrogen-bond donors (Lipinski definition) is 3. The highest BCUT2D eigenvalue weighted by Gasteiger charge is 2.21. The zero-order chi connectivity index (χ0) is 26.0. The van der Waals surface area contributed by atoms with E-state index < -0.39 is 4.33 Å². The minimum absolute atomic E-state index is 0.309. The zero-order valence-corrected chi connectivity index (χ0v) is 23.0. The Morgan fingerprint density at radius 2 is 1.92 bits per heavy atom. The number of anilines is 2. The van der Waals surface area contributed by atoms with Crippen molar-refractivity contribution in [3.8, 4) is 11.1 Å². The second-order valence-corrected chi connectivity index (χ2v) is 12.1. The molecule has 8 nitrogen and oxygen atoms in total. The van der Waals surface area contributed by atoms with Crippen molar-refractivity contribution in [3.05, 3.63) is 54.5 Å². The molecule has 1 aromatic carbocycles. The molecule has 0 radical (unpaired) electrons. The van der Waals surface area contributed by atoms with Gasteiger partial charge in [0.15, 0.2) is 0 Å². The lowest BCUT2D eigenvalue weighted by molar-refractivity contribution is 0.185. The van der Waals surface area contributed by atoms with E-state index in [0.717, 1.165) is 60.7 Å². The first-order chi connectivity index (χ1) is 17.7. The molecule has 37 heavy (non-hydrogen) atoms. The van der Waals surface area contributed by atoms with Crippen LogP contribution < -0.4 is 10.6 Å². The summed E-state index contributed by atoms with van der Waals surface area (Å²) >= 11 is 12.3. The topological polar surface area (TPSA) is 86.7 Å². The quantitative estimate of drug-likeness (QED) is 0.234. The van der Waals surface area contributed by atoms with Crippen LogP contribution >= 0.6 is 23.2 Å². The maximum absolute atomic E-state index is 6.17. The van der Waals surface area contributed by atoms with Crippen molar-refractivity contribution in [2.75, 3.05) is 31.5 Å². The first kappa shape index (κ1) is 26.0. The van der Waals surface area contributed by atoms with Gasteiger partial charge in [0.2, 0.25) is 5.95 Å². The molecule has 5 rings (SSSR count). The number of piperazine rings is 1. The van der Waals surface area contributed by atoms with Crippen molar-refractivity contribution in [3.63, 3.8) is 0 Å². The van der Waals surface area contributed by atoms with Crippen molar-refractivity contribution in [2.24, 2.45) is 5.92 Å². The van der Waals surface area contributed by atoms with Crippen LogP contribution in [-0.2, 0) is 6.54 Å². The van der Waals surface area contributed by atoms with Crippen LogP contribution in [0.1, 0.15) is 38.8 Å². The van der Waals surface area contributed by atoms with Crippen LogP contribution in [0, 0.1) is 5.92 Å². The van der Waals surface area contributed by atoms with E-state index in [2.05, 4.69) is 74.9 Å². The summed E-state index contributed by atoms with van der Waals surface area (Å²) in [6.45, 7) is 11.1.